The van der Waals surface area contributed by atoms with Crippen LogP contribution >= 0.6 is 0 Å². The number of esters is 2. The van der Waals surface area contributed by atoms with Gasteiger partial charge in [0.05, 0.1) is 0 Å². The van der Waals surface area contributed by atoms with Crippen LogP contribution in [0.2, 0.25) is 0 Å². The Hall–Kier alpha value is -2.56. The first-order chi connectivity index (χ1) is 10.8. The Kier molecular flexibility index (Phi) is 7.06. The molecule has 1 unspecified atom stereocenters. The summed E-state index contributed by atoms with van der Waals surface area (Å²) in [7, 11) is 0. The first kappa shape index (κ1) is 18.5. The highest BCUT2D eigenvalue weighted by Crippen LogP contribution is 2.13. The van der Waals surface area contributed by atoms with Gasteiger partial charge < -0.3 is 14.2 Å². The lowest BCUT2D eigenvalue weighted by atomic mass is 10.2. The van der Waals surface area contributed by atoms with Gasteiger partial charge in [0.2, 0.25) is 0 Å². The lowest BCUT2D eigenvalue weighted by Gasteiger charge is -2.18. The zero-order valence-corrected chi connectivity index (χ0v) is 13.8. The average molecular weight is 318 g/mol. The van der Waals surface area contributed by atoms with Crippen molar-refractivity contribution in [3.63, 3.8) is 0 Å². The minimum absolute atomic E-state index is 0.0611. The molecule has 0 saturated carbocycles. The first-order valence-corrected chi connectivity index (χ1v) is 7.18. The van der Waals surface area contributed by atoms with Gasteiger partial charge >= 0.3 is 11.9 Å². The Morgan fingerprint density at radius 2 is 1.57 bits per heavy atom. The number of carbonyl (C=O) groups excluding carboxylic acids is 2. The van der Waals surface area contributed by atoms with E-state index in [-0.39, 0.29) is 24.4 Å². The van der Waals surface area contributed by atoms with E-state index in [1.54, 1.807) is 13.8 Å². The third-order valence-corrected chi connectivity index (χ3v) is 2.83. The molecule has 0 aliphatic carbocycles. The minimum Gasteiger partial charge on any atom is -0.490 e. The molecule has 1 aromatic rings. The number of hydrogen-bond donors (Lipinski definition) is 0. The molecule has 0 heterocycles. The van der Waals surface area contributed by atoms with Crippen molar-refractivity contribution in [3.05, 3.63) is 54.1 Å². The molecule has 0 aromatic heterocycles. The van der Waals surface area contributed by atoms with E-state index >= 15 is 0 Å². The Morgan fingerprint density at radius 3 is 2.09 bits per heavy atom. The molecule has 5 heteroatoms. The van der Waals surface area contributed by atoms with E-state index in [1.165, 1.54) is 0 Å². The van der Waals surface area contributed by atoms with Crippen molar-refractivity contribution in [1.82, 2.24) is 0 Å². The van der Waals surface area contributed by atoms with Crippen LogP contribution in [-0.2, 0) is 19.1 Å². The van der Waals surface area contributed by atoms with E-state index < -0.39 is 18.0 Å². The second-order valence-corrected chi connectivity index (χ2v) is 5.31. The summed E-state index contributed by atoms with van der Waals surface area (Å²) in [5, 5.41) is 0. The van der Waals surface area contributed by atoms with Crippen LogP contribution in [0.25, 0.3) is 0 Å². The highest BCUT2D eigenvalue weighted by atomic mass is 16.6. The van der Waals surface area contributed by atoms with Crippen LogP contribution in [0.15, 0.2) is 48.6 Å². The second kappa shape index (κ2) is 8.78. The summed E-state index contributed by atoms with van der Waals surface area (Å²) in [6.45, 7) is 12.0. The zero-order chi connectivity index (χ0) is 17.4. The number of carbonyl (C=O) groups is 2. The van der Waals surface area contributed by atoms with Gasteiger partial charge in [-0.2, -0.15) is 0 Å². The summed E-state index contributed by atoms with van der Waals surface area (Å²) in [6.07, 6.45) is -0.733. The average Bonchev–Trinajstić information content (AvgIpc) is 2.50. The van der Waals surface area contributed by atoms with Gasteiger partial charge in [-0.15, -0.1) is 0 Å². The predicted octanol–water partition coefficient (Wildman–Crippen LogP) is 2.98. The van der Waals surface area contributed by atoms with Crippen LogP contribution in [0, 0.1) is 6.92 Å². The highest BCUT2D eigenvalue weighted by Gasteiger charge is 2.18. The number of ether oxygens (including phenoxy) is 3. The van der Waals surface area contributed by atoms with Crippen LogP contribution in [0.5, 0.6) is 5.75 Å². The molecule has 0 radical (unpaired) electrons. The molecule has 0 N–H and O–H groups in total. The Morgan fingerprint density at radius 1 is 1.00 bits per heavy atom. The fourth-order valence-electron chi connectivity index (χ4n) is 1.48. The maximum atomic E-state index is 11.7. The van der Waals surface area contributed by atoms with E-state index in [0.717, 1.165) is 5.56 Å². The van der Waals surface area contributed by atoms with Gasteiger partial charge in [-0.1, -0.05) is 30.9 Å². The van der Waals surface area contributed by atoms with Crippen LogP contribution in [-0.4, -0.2) is 31.3 Å². The molecule has 0 saturated heterocycles. The molecule has 0 spiro atoms. The molecule has 0 aliphatic rings. The second-order valence-electron chi connectivity index (χ2n) is 5.31. The highest BCUT2D eigenvalue weighted by molar-refractivity contribution is 5.87. The van der Waals surface area contributed by atoms with E-state index in [4.69, 9.17) is 14.2 Å². The maximum Gasteiger partial charge on any atom is 0.333 e. The predicted molar refractivity (Wildman–Crippen MR) is 87.1 cm³/mol. The largest absolute Gasteiger partial charge is 0.490 e. The normalized spacial score (nSPS) is 11.3. The van der Waals surface area contributed by atoms with Gasteiger partial charge in [0.1, 0.15) is 19.0 Å². The van der Waals surface area contributed by atoms with E-state index in [2.05, 4.69) is 13.2 Å². The van der Waals surface area contributed by atoms with Gasteiger partial charge in [-0.05, 0) is 32.9 Å². The Labute approximate surface area is 136 Å². The molecule has 1 aromatic carbocycles. The summed E-state index contributed by atoms with van der Waals surface area (Å²) < 4.78 is 15.8. The molecule has 5 nitrogen and oxygen atoms in total. The molecular formula is C18H22O5. The summed E-state index contributed by atoms with van der Waals surface area (Å²) in [5.74, 6) is -0.469. The summed E-state index contributed by atoms with van der Waals surface area (Å²) in [4.78, 5) is 23.1. The van der Waals surface area contributed by atoms with Gasteiger partial charge in [0.15, 0.2) is 6.10 Å². The fourth-order valence-corrected chi connectivity index (χ4v) is 1.48. The van der Waals surface area contributed by atoms with Crippen LogP contribution in [0.1, 0.15) is 19.4 Å². The first-order valence-electron chi connectivity index (χ1n) is 7.18. The SMILES string of the molecule is C=C(C)C(=O)OCC(COc1ccc(C)cc1)OC(=O)C(=C)C. The van der Waals surface area contributed by atoms with Crippen molar-refractivity contribution < 1.29 is 23.8 Å². The van der Waals surface area contributed by atoms with Crippen LogP contribution in [0.4, 0.5) is 0 Å². The van der Waals surface area contributed by atoms with Crippen molar-refractivity contribution >= 4 is 11.9 Å². The van der Waals surface area contributed by atoms with E-state index in [1.807, 2.05) is 31.2 Å². The third kappa shape index (κ3) is 6.82. The van der Waals surface area contributed by atoms with Crippen molar-refractivity contribution in [3.8, 4) is 5.75 Å². The quantitative estimate of drug-likeness (QED) is 0.545. The minimum atomic E-state index is -0.733. The topological polar surface area (TPSA) is 61.8 Å². The lowest BCUT2D eigenvalue weighted by Crippen LogP contribution is -2.31. The molecule has 1 rings (SSSR count). The number of benzene rings is 1. The van der Waals surface area contributed by atoms with Gasteiger partial charge in [0, 0.05) is 11.1 Å². The Balaban J connectivity index is 2.63. The smallest absolute Gasteiger partial charge is 0.333 e. The Bertz CT molecular complexity index is 586. The van der Waals surface area contributed by atoms with Crippen molar-refractivity contribution in [2.75, 3.05) is 13.2 Å². The van der Waals surface area contributed by atoms with Crippen LogP contribution < -0.4 is 4.74 Å². The molecule has 0 fully saturated rings. The lowest BCUT2D eigenvalue weighted by molar-refractivity contribution is -0.155. The van der Waals surface area contributed by atoms with Crippen molar-refractivity contribution in [1.29, 1.82) is 0 Å². The number of hydrogen-bond acceptors (Lipinski definition) is 5. The fraction of sp³-hybridized carbons (Fsp3) is 0.333. The maximum absolute atomic E-state index is 11.7. The molecule has 0 bridgehead atoms. The third-order valence-electron chi connectivity index (χ3n) is 2.83. The van der Waals surface area contributed by atoms with Gasteiger partial charge in [0.25, 0.3) is 0 Å². The summed E-state index contributed by atoms with van der Waals surface area (Å²) in [5.41, 5.74) is 1.64. The molecule has 23 heavy (non-hydrogen) atoms. The summed E-state index contributed by atoms with van der Waals surface area (Å²) in [6, 6.07) is 7.44. The molecular weight excluding hydrogens is 296 g/mol. The number of aryl methyl sites for hydroxylation is 1. The number of rotatable bonds is 8. The van der Waals surface area contributed by atoms with Crippen molar-refractivity contribution in [2.24, 2.45) is 0 Å². The standard InChI is InChI=1S/C18H22O5/c1-12(2)17(19)22-11-16(23-18(20)13(3)4)10-21-15-8-6-14(5)7-9-15/h6-9,16H,1,3,10-11H2,2,4-5H3. The van der Waals surface area contributed by atoms with E-state index in [9.17, 15) is 9.59 Å². The van der Waals surface area contributed by atoms with Crippen LogP contribution in [0.3, 0.4) is 0 Å². The summed E-state index contributed by atoms with van der Waals surface area (Å²) >= 11 is 0. The molecule has 1 atom stereocenters. The monoisotopic (exact) mass is 318 g/mol. The molecule has 0 amide bonds. The van der Waals surface area contributed by atoms with E-state index in [0.29, 0.717) is 5.75 Å². The van der Waals surface area contributed by atoms with Crippen molar-refractivity contribution in [2.45, 2.75) is 26.9 Å². The van der Waals surface area contributed by atoms with Gasteiger partial charge in [-0.25, -0.2) is 9.59 Å². The zero-order valence-electron chi connectivity index (χ0n) is 13.8. The van der Waals surface area contributed by atoms with Gasteiger partial charge in [-0.3, -0.25) is 0 Å². The molecule has 0 aliphatic heterocycles. The molecule has 124 valence electrons.